The lowest BCUT2D eigenvalue weighted by atomic mass is 10.0. The van der Waals surface area contributed by atoms with Gasteiger partial charge in [0, 0.05) is 12.1 Å². The predicted octanol–water partition coefficient (Wildman–Crippen LogP) is 2.96. The van der Waals surface area contributed by atoms with E-state index in [-0.39, 0.29) is 5.24 Å². The zero-order valence-corrected chi connectivity index (χ0v) is 10.7. The van der Waals surface area contributed by atoms with Crippen molar-refractivity contribution in [2.24, 2.45) is 0 Å². The summed E-state index contributed by atoms with van der Waals surface area (Å²) in [7, 11) is 1.62. The van der Waals surface area contributed by atoms with Crippen molar-refractivity contribution in [2.75, 3.05) is 7.11 Å². The maximum absolute atomic E-state index is 10.7. The lowest BCUT2D eigenvalue weighted by molar-refractivity contribution is 0.260. The molecule has 0 saturated heterocycles. The van der Waals surface area contributed by atoms with Crippen molar-refractivity contribution >= 4 is 17.9 Å². The first-order valence-electron chi connectivity index (χ1n) is 5.18. The van der Waals surface area contributed by atoms with E-state index in [4.69, 9.17) is 4.74 Å². The summed E-state index contributed by atoms with van der Waals surface area (Å²) >= 11 is 3.67. The van der Waals surface area contributed by atoms with Gasteiger partial charge in [-0.15, -0.1) is 0 Å². The highest BCUT2D eigenvalue weighted by atomic mass is 32.1. The summed E-state index contributed by atoms with van der Waals surface area (Å²) in [5.41, 5.74) is 2.19. The molecule has 0 unspecified atom stereocenters. The smallest absolute Gasteiger partial charge is 0.276 e. The van der Waals surface area contributed by atoms with Crippen LogP contribution >= 0.6 is 12.6 Å². The summed E-state index contributed by atoms with van der Waals surface area (Å²) in [5.74, 6) is 1.24. The van der Waals surface area contributed by atoms with E-state index in [0.717, 1.165) is 11.3 Å². The van der Waals surface area contributed by atoms with Gasteiger partial charge >= 0.3 is 0 Å². The van der Waals surface area contributed by atoms with E-state index in [0.29, 0.717) is 12.5 Å². The molecule has 16 heavy (non-hydrogen) atoms. The summed E-state index contributed by atoms with van der Waals surface area (Å²) in [6.45, 7) is 4.69. The van der Waals surface area contributed by atoms with Crippen molar-refractivity contribution in [3.8, 4) is 5.75 Å². The largest absolute Gasteiger partial charge is 0.496 e. The van der Waals surface area contributed by atoms with Crippen LogP contribution in [0, 0.1) is 0 Å². The zero-order chi connectivity index (χ0) is 12.1. The minimum absolute atomic E-state index is 0.336. The van der Waals surface area contributed by atoms with Crippen molar-refractivity contribution in [3.05, 3.63) is 29.3 Å². The van der Waals surface area contributed by atoms with E-state index >= 15 is 0 Å². The van der Waals surface area contributed by atoms with E-state index in [1.165, 1.54) is 5.56 Å². The van der Waals surface area contributed by atoms with Crippen LogP contribution in [0.25, 0.3) is 0 Å². The molecule has 0 aliphatic rings. The van der Waals surface area contributed by atoms with E-state index in [9.17, 15) is 4.79 Å². The number of benzene rings is 1. The normalized spacial score (nSPS) is 10.3. The highest BCUT2D eigenvalue weighted by Gasteiger charge is 2.07. The maximum Gasteiger partial charge on any atom is 0.276 e. The Morgan fingerprint density at radius 2 is 2.19 bits per heavy atom. The molecule has 88 valence electrons. The van der Waals surface area contributed by atoms with Crippen LogP contribution in [0.1, 0.15) is 30.9 Å². The molecule has 1 N–H and O–H groups in total. The lowest BCUT2D eigenvalue weighted by Gasteiger charge is -2.12. The third-order valence-electron chi connectivity index (χ3n) is 2.40. The van der Waals surface area contributed by atoms with Gasteiger partial charge in [-0.25, -0.2) is 0 Å². The average molecular weight is 239 g/mol. The van der Waals surface area contributed by atoms with E-state index < -0.39 is 0 Å². The van der Waals surface area contributed by atoms with Gasteiger partial charge < -0.3 is 10.1 Å². The first kappa shape index (κ1) is 12.9. The first-order chi connectivity index (χ1) is 7.54. The minimum Gasteiger partial charge on any atom is -0.496 e. The van der Waals surface area contributed by atoms with Crippen molar-refractivity contribution in [2.45, 2.75) is 26.3 Å². The Morgan fingerprint density at radius 3 is 2.69 bits per heavy atom. The lowest BCUT2D eigenvalue weighted by Crippen LogP contribution is -2.16. The van der Waals surface area contributed by atoms with E-state index in [2.05, 4.69) is 31.8 Å². The molecule has 4 heteroatoms. The van der Waals surface area contributed by atoms with Gasteiger partial charge in [0.05, 0.1) is 7.11 Å². The van der Waals surface area contributed by atoms with Gasteiger partial charge in [0.2, 0.25) is 0 Å². The van der Waals surface area contributed by atoms with Gasteiger partial charge in [0.1, 0.15) is 5.75 Å². The number of hydrogen-bond donors (Lipinski definition) is 2. The van der Waals surface area contributed by atoms with Crippen LogP contribution in [0.4, 0.5) is 4.79 Å². The molecule has 0 atom stereocenters. The van der Waals surface area contributed by atoms with Gasteiger partial charge in [-0.2, -0.15) is 0 Å². The van der Waals surface area contributed by atoms with Crippen molar-refractivity contribution < 1.29 is 9.53 Å². The van der Waals surface area contributed by atoms with Gasteiger partial charge in [-0.3, -0.25) is 4.79 Å². The molecule has 1 aromatic carbocycles. The minimum atomic E-state index is -0.336. The Balaban J connectivity index is 2.92. The van der Waals surface area contributed by atoms with Crippen LogP contribution in [-0.4, -0.2) is 12.3 Å². The SMILES string of the molecule is COc1ccc(C(C)C)cc1CNC(=O)S. The molecule has 0 spiro atoms. The maximum atomic E-state index is 10.7. The molecule has 1 rings (SSSR count). The topological polar surface area (TPSA) is 38.3 Å². The van der Waals surface area contributed by atoms with Crippen LogP contribution in [0.15, 0.2) is 18.2 Å². The van der Waals surface area contributed by atoms with Crippen molar-refractivity contribution in [1.29, 1.82) is 0 Å². The molecule has 0 aliphatic heterocycles. The fraction of sp³-hybridized carbons (Fsp3) is 0.417. The zero-order valence-electron chi connectivity index (χ0n) is 9.78. The number of nitrogens with one attached hydrogen (secondary N) is 1. The number of hydrogen-bond acceptors (Lipinski definition) is 2. The Hall–Kier alpha value is -1.16. The van der Waals surface area contributed by atoms with Gasteiger partial charge in [0.25, 0.3) is 5.24 Å². The van der Waals surface area contributed by atoms with E-state index in [1.807, 2.05) is 18.2 Å². The molecule has 0 fully saturated rings. The molecule has 1 aromatic rings. The van der Waals surface area contributed by atoms with Crippen LogP contribution in [-0.2, 0) is 6.54 Å². The molecule has 1 amide bonds. The molecule has 0 aliphatic carbocycles. The summed E-state index contributed by atoms with van der Waals surface area (Å²) in [4.78, 5) is 10.7. The van der Waals surface area contributed by atoms with Crippen LogP contribution in [0.3, 0.4) is 0 Å². The molecular weight excluding hydrogens is 222 g/mol. The second kappa shape index (κ2) is 5.80. The second-order valence-corrected chi connectivity index (χ2v) is 4.29. The average Bonchev–Trinajstić information content (AvgIpc) is 2.25. The second-order valence-electron chi connectivity index (χ2n) is 3.88. The summed E-state index contributed by atoms with van der Waals surface area (Å²) in [5, 5.41) is 2.31. The Morgan fingerprint density at radius 1 is 1.50 bits per heavy atom. The van der Waals surface area contributed by atoms with Gasteiger partial charge in [-0.1, -0.05) is 38.6 Å². The molecule has 0 radical (unpaired) electrons. The highest BCUT2D eigenvalue weighted by molar-refractivity contribution is 7.96. The summed E-state index contributed by atoms with van der Waals surface area (Å²) in [6.07, 6.45) is 0. The Labute approximate surface area is 102 Å². The number of methoxy groups -OCH3 is 1. The Kier molecular flexibility index (Phi) is 4.68. The molecule has 3 nitrogen and oxygen atoms in total. The number of carbonyl (C=O) groups excluding carboxylic acids is 1. The Bertz CT molecular complexity index is 377. The number of thiol groups is 1. The molecular formula is C12H17NO2S. The standard InChI is InChI=1S/C12H17NO2S/c1-8(2)9-4-5-11(15-3)10(6-9)7-13-12(14)16/h4-6,8H,7H2,1-3H3,(H2,13,14,16). The van der Waals surface area contributed by atoms with E-state index in [1.54, 1.807) is 7.11 Å². The summed E-state index contributed by atoms with van der Waals surface area (Å²) < 4.78 is 5.24. The fourth-order valence-electron chi connectivity index (χ4n) is 1.47. The third kappa shape index (κ3) is 3.45. The van der Waals surface area contributed by atoms with Crippen LogP contribution in [0.5, 0.6) is 5.75 Å². The molecule has 0 saturated carbocycles. The van der Waals surface area contributed by atoms with Gasteiger partial charge in [0.15, 0.2) is 0 Å². The highest BCUT2D eigenvalue weighted by Crippen LogP contribution is 2.24. The number of ether oxygens (including phenoxy) is 1. The van der Waals surface area contributed by atoms with Crippen LogP contribution in [0.2, 0.25) is 0 Å². The number of rotatable bonds is 4. The first-order valence-corrected chi connectivity index (χ1v) is 5.63. The van der Waals surface area contributed by atoms with Gasteiger partial charge in [-0.05, 0) is 17.5 Å². The predicted molar refractivity (Wildman–Crippen MR) is 68.3 cm³/mol. The number of carbonyl (C=O) groups is 1. The van der Waals surface area contributed by atoms with Crippen molar-refractivity contribution in [1.82, 2.24) is 5.32 Å². The molecule has 0 heterocycles. The van der Waals surface area contributed by atoms with Crippen molar-refractivity contribution in [3.63, 3.8) is 0 Å². The third-order valence-corrected chi connectivity index (χ3v) is 2.56. The quantitative estimate of drug-likeness (QED) is 0.793. The monoisotopic (exact) mass is 239 g/mol. The number of amides is 1. The fourth-order valence-corrected chi connectivity index (χ4v) is 1.55. The summed E-state index contributed by atoms with van der Waals surface area (Å²) in [6, 6.07) is 6.01. The molecule has 0 aromatic heterocycles. The van der Waals surface area contributed by atoms with Crippen LogP contribution < -0.4 is 10.1 Å². The molecule has 0 bridgehead atoms.